The summed E-state index contributed by atoms with van der Waals surface area (Å²) in [5, 5.41) is 19.0. The van der Waals surface area contributed by atoms with Gasteiger partial charge in [0.2, 0.25) is 5.56 Å². The van der Waals surface area contributed by atoms with Gasteiger partial charge in [-0.25, -0.2) is 4.79 Å². The summed E-state index contributed by atoms with van der Waals surface area (Å²) in [6, 6.07) is 2.52. The van der Waals surface area contributed by atoms with Crippen LogP contribution in [-0.2, 0) is 9.53 Å². The van der Waals surface area contributed by atoms with Gasteiger partial charge in [-0.1, -0.05) is 0 Å². The zero-order chi connectivity index (χ0) is 12.1. The summed E-state index contributed by atoms with van der Waals surface area (Å²) in [5.74, 6) is -0.902. The Bertz CT molecular complexity index is 393. The molecular formula is C10H13NO5. The Hall–Kier alpha value is -1.66. The molecule has 0 aliphatic rings. The summed E-state index contributed by atoms with van der Waals surface area (Å²) >= 11 is 0. The molecule has 0 spiro atoms. The summed E-state index contributed by atoms with van der Waals surface area (Å²) in [6.45, 7) is 1.71. The molecule has 6 nitrogen and oxygen atoms in total. The first-order valence-corrected chi connectivity index (χ1v) is 4.77. The minimum atomic E-state index is -1.66. The SMILES string of the molecule is CCOC(=O)C(O)C(O)c1ccc(=O)[nH]c1. The van der Waals surface area contributed by atoms with Crippen molar-refractivity contribution in [2.24, 2.45) is 0 Å². The fourth-order valence-electron chi connectivity index (χ4n) is 1.15. The molecule has 0 bridgehead atoms. The topological polar surface area (TPSA) is 99.6 Å². The molecule has 0 fully saturated rings. The number of aromatic amines is 1. The molecule has 1 heterocycles. The lowest BCUT2D eigenvalue weighted by atomic mass is 10.1. The second-order valence-electron chi connectivity index (χ2n) is 3.13. The molecule has 6 heteroatoms. The molecule has 1 aromatic rings. The molecule has 0 aliphatic heterocycles. The lowest BCUT2D eigenvalue weighted by molar-refractivity contribution is -0.159. The Labute approximate surface area is 91.5 Å². The molecule has 2 unspecified atom stereocenters. The van der Waals surface area contributed by atoms with E-state index in [4.69, 9.17) is 0 Å². The molecule has 0 saturated carbocycles. The third kappa shape index (κ3) is 2.91. The van der Waals surface area contributed by atoms with Gasteiger partial charge in [0.25, 0.3) is 0 Å². The maximum atomic E-state index is 11.1. The van der Waals surface area contributed by atoms with Crippen LogP contribution in [0.25, 0.3) is 0 Å². The Morgan fingerprint density at radius 1 is 1.50 bits per heavy atom. The van der Waals surface area contributed by atoms with Crippen molar-refractivity contribution in [1.82, 2.24) is 4.98 Å². The summed E-state index contributed by atoms with van der Waals surface area (Å²) in [6.07, 6.45) is -1.85. The molecule has 0 radical (unpaired) electrons. The van der Waals surface area contributed by atoms with Gasteiger partial charge in [0, 0.05) is 12.3 Å². The fraction of sp³-hybridized carbons (Fsp3) is 0.400. The number of carbonyl (C=O) groups excluding carboxylic acids is 1. The number of pyridine rings is 1. The smallest absolute Gasteiger partial charge is 0.338 e. The molecule has 0 aliphatic carbocycles. The Morgan fingerprint density at radius 2 is 2.19 bits per heavy atom. The zero-order valence-corrected chi connectivity index (χ0v) is 8.71. The van der Waals surface area contributed by atoms with Gasteiger partial charge in [-0.05, 0) is 18.6 Å². The van der Waals surface area contributed by atoms with Crippen molar-refractivity contribution in [3.8, 4) is 0 Å². The monoisotopic (exact) mass is 227 g/mol. The number of aliphatic hydroxyl groups is 2. The molecule has 0 saturated heterocycles. The number of rotatable bonds is 4. The molecule has 0 amide bonds. The average Bonchev–Trinajstić information content (AvgIpc) is 2.28. The van der Waals surface area contributed by atoms with Crippen LogP contribution in [0, 0.1) is 0 Å². The third-order valence-electron chi connectivity index (χ3n) is 1.98. The van der Waals surface area contributed by atoms with Crippen LogP contribution in [0.15, 0.2) is 23.1 Å². The maximum absolute atomic E-state index is 11.1. The third-order valence-corrected chi connectivity index (χ3v) is 1.98. The maximum Gasteiger partial charge on any atom is 0.338 e. The van der Waals surface area contributed by atoms with E-state index in [1.807, 2.05) is 0 Å². The van der Waals surface area contributed by atoms with Crippen molar-refractivity contribution in [2.75, 3.05) is 6.61 Å². The van der Waals surface area contributed by atoms with Crippen LogP contribution in [0.3, 0.4) is 0 Å². The largest absolute Gasteiger partial charge is 0.464 e. The molecule has 3 N–H and O–H groups in total. The van der Waals surface area contributed by atoms with E-state index in [2.05, 4.69) is 9.72 Å². The van der Waals surface area contributed by atoms with Gasteiger partial charge in [0.1, 0.15) is 6.10 Å². The van der Waals surface area contributed by atoms with Crippen molar-refractivity contribution < 1.29 is 19.7 Å². The summed E-state index contributed by atoms with van der Waals surface area (Å²) in [7, 11) is 0. The Morgan fingerprint density at radius 3 is 2.69 bits per heavy atom. The molecule has 1 aromatic heterocycles. The van der Waals surface area contributed by atoms with Gasteiger partial charge >= 0.3 is 5.97 Å². The average molecular weight is 227 g/mol. The number of hydrogen-bond donors (Lipinski definition) is 3. The second-order valence-corrected chi connectivity index (χ2v) is 3.13. The number of hydrogen-bond acceptors (Lipinski definition) is 5. The number of ether oxygens (including phenoxy) is 1. The van der Waals surface area contributed by atoms with Gasteiger partial charge in [0.05, 0.1) is 6.61 Å². The van der Waals surface area contributed by atoms with Gasteiger partial charge in [-0.3, -0.25) is 4.79 Å². The van der Waals surface area contributed by atoms with E-state index in [-0.39, 0.29) is 17.7 Å². The van der Waals surface area contributed by atoms with Crippen LogP contribution >= 0.6 is 0 Å². The number of esters is 1. The van der Waals surface area contributed by atoms with Crippen molar-refractivity contribution in [1.29, 1.82) is 0 Å². The molecule has 0 aromatic carbocycles. The highest BCUT2D eigenvalue weighted by Crippen LogP contribution is 2.15. The van der Waals surface area contributed by atoms with E-state index in [0.29, 0.717) is 0 Å². The first kappa shape index (κ1) is 12.4. The first-order chi connectivity index (χ1) is 7.56. The normalized spacial score (nSPS) is 14.2. The minimum Gasteiger partial charge on any atom is -0.464 e. The second kappa shape index (κ2) is 5.43. The standard InChI is InChI=1S/C10H13NO5/c1-2-16-10(15)9(14)8(13)6-3-4-7(12)11-5-6/h3-5,8-9,13-14H,2H2,1H3,(H,11,12). The highest BCUT2D eigenvalue weighted by Gasteiger charge is 2.26. The first-order valence-electron chi connectivity index (χ1n) is 4.77. The van der Waals surface area contributed by atoms with Crippen molar-refractivity contribution in [3.63, 3.8) is 0 Å². The summed E-state index contributed by atoms with van der Waals surface area (Å²) < 4.78 is 4.55. The lowest BCUT2D eigenvalue weighted by Gasteiger charge is -2.16. The summed E-state index contributed by atoms with van der Waals surface area (Å²) in [5.41, 5.74) is -0.0956. The summed E-state index contributed by atoms with van der Waals surface area (Å²) in [4.78, 5) is 24.2. The van der Waals surface area contributed by atoms with Crippen LogP contribution in [0.5, 0.6) is 0 Å². The van der Waals surface area contributed by atoms with E-state index in [9.17, 15) is 19.8 Å². The number of H-pyrrole nitrogens is 1. The van der Waals surface area contributed by atoms with Crippen LogP contribution in [0.1, 0.15) is 18.6 Å². The number of aliphatic hydroxyl groups excluding tert-OH is 2. The molecule has 2 atom stereocenters. The van der Waals surface area contributed by atoms with Crippen LogP contribution in [0.2, 0.25) is 0 Å². The van der Waals surface area contributed by atoms with E-state index < -0.39 is 18.2 Å². The Kier molecular flexibility index (Phi) is 4.21. The van der Waals surface area contributed by atoms with Gasteiger partial charge in [-0.2, -0.15) is 0 Å². The quantitative estimate of drug-likeness (QED) is 0.592. The number of carbonyl (C=O) groups is 1. The molecule has 16 heavy (non-hydrogen) atoms. The molecule has 88 valence electrons. The van der Waals surface area contributed by atoms with E-state index in [1.54, 1.807) is 6.92 Å². The van der Waals surface area contributed by atoms with Gasteiger partial charge in [-0.15, -0.1) is 0 Å². The zero-order valence-electron chi connectivity index (χ0n) is 8.71. The van der Waals surface area contributed by atoms with Crippen molar-refractivity contribution in [3.05, 3.63) is 34.2 Å². The van der Waals surface area contributed by atoms with Gasteiger partial charge in [0.15, 0.2) is 6.10 Å². The number of aromatic nitrogens is 1. The minimum absolute atomic E-state index is 0.119. The van der Waals surface area contributed by atoms with Crippen LogP contribution < -0.4 is 5.56 Å². The fourth-order valence-corrected chi connectivity index (χ4v) is 1.15. The lowest BCUT2D eigenvalue weighted by Crippen LogP contribution is -2.30. The molecular weight excluding hydrogens is 214 g/mol. The molecule has 1 rings (SSSR count). The predicted octanol–water partition coefficient (Wildman–Crippen LogP) is -0.668. The predicted molar refractivity (Wildman–Crippen MR) is 54.7 cm³/mol. The Balaban J connectivity index is 2.77. The highest BCUT2D eigenvalue weighted by atomic mass is 16.5. The number of nitrogens with one attached hydrogen (secondary N) is 1. The van der Waals surface area contributed by atoms with E-state index in [1.165, 1.54) is 18.3 Å². The van der Waals surface area contributed by atoms with Crippen molar-refractivity contribution >= 4 is 5.97 Å². The van der Waals surface area contributed by atoms with Gasteiger partial charge < -0.3 is 19.9 Å². The van der Waals surface area contributed by atoms with E-state index >= 15 is 0 Å². The van der Waals surface area contributed by atoms with Crippen molar-refractivity contribution in [2.45, 2.75) is 19.1 Å². The van der Waals surface area contributed by atoms with Crippen LogP contribution in [0.4, 0.5) is 0 Å². The van der Waals surface area contributed by atoms with Crippen LogP contribution in [-0.4, -0.2) is 33.9 Å². The highest BCUT2D eigenvalue weighted by molar-refractivity contribution is 5.75. The van der Waals surface area contributed by atoms with E-state index in [0.717, 1.165) is 0 Å².